The van der Waals surface area contributed by atoms with Gasteiger partial charge in [0.15, 0.2) is 0 Å². The van der Waals surface area contributed by atoms with E-state index in [0.29, 0.717) is 23.3 Å². The van der Waals surface area contributed by atoms with Crippen LogP contribution in [0, 0.1) is 11.6 Å². The lowest BCUT2D eigenvalue weighted by Gasteiger charge is -2.30. The number of carbonyl (C=O) groups is 2. The molecule has 1 saturated heterocycles. The Bertz CT molecular complexity index is 1070. The van der Waals surface area contributed by atoms with Crippen molar-refractivity contribution in [2.45, 2.75) is 18.3 Å². The van der Waals surface area contributed by atoms with Gasteiger partial charge in [-0.1, -0.05) is 24.3 Å². The zero-order valence-electron chi connectivity index (χ0n) is 16.4. The van der Waals surface area contributed by atoms with Gasteiger partial charge < -0.3 is 0 Å². The molecule has 0 spiro atoms. The van der Waals surface area contributed by atoms with Gasteiger partial charge in [-0.3, -0.25) is 14.6 Å². The normalized spacial score (nSPS) is 18.8. The second-order valence-corrected chi connectivity index (χ2v) is 8.01. The first-order valence-electron chi connectivity index (χ1n) is 9.24. The number of hydrogen-bond acceptors (Lipinski definition) is 4. The zero-order chi connectivity index (χ0) is 21.4. The molecule has 30 heavy (non-hydrogen) atoms. The first-order chi connectivity index (χ1) is 14.3. The molecule has 0 saturated carbocycles. The molecular weight excluding hydrogens is 410 g/mol. The van der Waals surface area contributed by atoms with Gasteiger partial charge in [-0.25, -0.2) is 18.2 Å². The lowest BCUT2D eigenvalue weighted by molar-refractivity contribution is -0.548. The Morgan fingerprint density at radius 2 is 1.50 bits per heavy atom. The van der Waals surface area contributed by atoms with Crippen LogP contribution in [-0.2, 0) is 17.1 Å². The van der Waals surface area contributed by atoms with Gasteiger partial charge in [-0.15, -0.1) is 0 Å². The third kappa shape index (κ3) is 3.72. The topological polar surface area (TPSA) is 56.0 Å². The van der Waals surface area contributed by atoms with Gasteiger partial charge >= 0.3 is 11.2 Å². The number of imide groups is 1. The molecule has 1 atom stereocenters. The SMILES string of the molecule is CN1C(=O)C2C(=NC(SCc3ccc(F)cc3)=[N+]2Cc2ccc(F)cc2)N(C)C1=O. The molecule has 0 radical (unpaired) electrons. The summed E-state index contributed by atoms with van der Waals surface area (Å²) in [6, 6.07) is 11.0. The second kappa shape index (κ2) is 7.98. The maximum atomic E-state index is 13.3. The van der Waals surface area contributed by atoms with Crippen LogP contribution >= 0.6 is 11.8 Å². The monoisotopic (exact) mass is 429 g/mol. The van der Waals surface area contributed by atoms with E-state index in [4.69, 9.17) is 0 Å². The van der Waals surface area contributed by atoms with E-state index in [1.165, 1.54) is 48.0 Å². The summed E-state index contributed by atoms with van der Waals surface area (Å²) in [7, 11) is 3.03. The molecule has 0 N–H and O–H groups in total. The van der Waals surface area contributed by atoms with E-state index in [9.17, 15) is 18.4 Å². The predicted octanol–water partition coefficient (Wildman–Crippen LogP) is 3.07. The summed E-state index contributed by atoms with van der Waals surface area (Å²) in [5.41, 5.74) is 1.71. The van der Waals surface area contributed by atoms with Crippen LogP contribution in [0.25, 0.3) is 0 Å². The van der Waals surface area contributed by atoms with Crippen molar-refractivity contribution in [1.29, 1.82) is 0 Å². The van der Waals surface area contributed by atoms with Gasteiger partial charge in [0, 0.05) is 19.8 Å². The third-order valence-corrected chi connectivity index (χ3v) is 6.10. The highest BCUT2D eigenvalue weighted by Crippen LogP contribution is 2.26. The molecule has 0 aromatic heterocycles. The molecule has 2 aliphatic rings. The number of likely N-dealkylation sites (N-methyl/N-ethyl adjacent to an activating group) is 2. The first-order valence-corrected chi connectivity index (χ1v) is 10.2. The van der Waals surface area contributed by atoms with Crippen molar-refractivity contribution < 1.29 is 22.9 Å². The minimum absolute atomic E-state index is 0.310. The van der Waals surface area contributed by atoms with Gasteiger partial charge in [0.25, 0.3) is 17.8 Å². The number of rotatable bonds is 4. The van der Waals surface area contributed by atoms with Crippen molar-refractivity contribution >= 4 is 34.7 Å². The number of nitrogens with zero attached hydrogens (tertiary/aromatic N) is 4. The second-order valence-electron chi connectivity index (χ2n) is 7.06. The average Bonchev–Trinajstić information content (AvgIpc) is 3.10. The Labute approximate surface area is 176 Å². The summed E-state index contributed by atoms with van der Waals surface area (Å²) >= 11 is 1.40. The van der Waals surface area contributed by atoms with Crippen LogP contribution in [0.15, 0.2) is 53.5 Å². The number of aliphatic imine (C=N–C) groups is 1. The molecule has 4 rings (SSSR count). The Balaban J connectivity index is 1.68. The molecule has 2 aromatic carbocycles. The summed E-state index contributed by atoms with van der Waals surface area (Å²) in [5, 5.41) is 0.576. The number of halogens is 2. The Morgan fingerprint density at radius 1 is 0.933 bits per heavy atom. The first kappa shape index (κ1) is 20.2. The summed E-state index contributed by atoms with van der Waals surface area (Å²) in [4.78, 5) is 32.3. The summed E-state index contributed by atoms with van der Waals surface area (Å²) < 4.78 is 28.3. The van der Waals surface area contributed by atoms with E-state index >= 15 is 0 Å². The van der Waals surface area contributed by atoms with E-state index < -0.39 is 12.1 Å². The van der Waals surface area contributed by atoms with Crippen molar-refractivity contribution in [2.24, 2.45) is 4.99 Å². The molecule has 2 aliphatic heterocycles. The number of amides is 3. The van der Waals surface area contributed by atoms with E-state index in [2.05, 4.69) is 4.99 Å². The molecule has 9 heteroatoms. The van der Waals surface area contributed by atoms with Crippen LogP contribution in [0.4, 0.5) is 13.6 Å². The minimum Gasteiger partial charge on any atom is -0.269 e. The fraction of sp³-hybridized carbons (Fsp3) is 0.238. The van der Waals surface area contributed by atoms with Gasteiger partial charge in [0.1, 0.15) is 18.2 Å². The predicted molar refractivity (Wildman–Crippen MR) is 110 cm³/mol. The summed E-state index contributed by atoms with van der Waals surface area (Å²) in [6.07, 6.45) is 0. The lowest BCUT2D eigenvalue weighted by Crippen LogP contribution is -2.61. The third-order valence-electron chi connectivity index (χ3n) is 5.04. The molecule has 2 aromatic rings. The highest BCUT2D eigenvalue weighted by molar-refractivity contribution is 8.13. The fourth-order valence-corrected chi connectivity index (χ4v) is 4.35. The number of urea groups is 1. The number of benzene rings is 2. The van der Waals surface area contributed by atoms with Crippen LogP contribution in [0.3, 0.4) is 0 Å². The fourth-order valence-electron chi connectivity index (χ4n) is 3.37. The quantitative estimate of drug-likeness (QED) is 0.702. The van der Waals surface area contributed by atoms with Crippen LogP contribution < -0.4 is 0 Å². The number of fused-ring (bicyclic) bond motifs is 1. The van der Waals surface area contributed by atoms with E-state index in [-0.39, 0.29) is 17.5 Å². The van der Waals surface area contributed by atoms with Crippen molar-refractivity contribution in [1.82, 2.24) is 9.80 Å². The van der Waals surface area contributed by atoms with Gasteiger partial charge in [0.2, 0.25) is 0 Å². The average molecular weight is 429 g/mol. The Kier molecular flexibility index (Phi) is 5.38. The number of amidine groups is 2. The molecule has 1 unspecified atom stereocenters. The van der Waals surface area contributed by atoms with Crippen molar-refractivity contribution in [3.63, 3.8) is 0 Å². The maximum Gasteiger partial charge on any atom is 0.358 e. The maximum absolute atomic E-state index is 13.3. The van der Waals surface area contributed by atoms with E-state index in [0.717, 1.165) is 16.0 Å². The highest BCUT2D eigenvalue weighted by atomic mass is 32.2. The minimum atomic E-state index is -0.738. The Hall–Kier alpha value is -3.07. The van der Waals surface area contributed by atoms with Crippen molar-refractivity contribution in [3.8, 4) is 0 Å². The van der Waals surface area contributed by atoms with Gasteiger partial charge in [0.05, 0.1) is 0 Å². The molecule has 1 fully saturated rings. The molecule has 154 valence electrons. The molecule has 0 bridgehead atoms. The summed E-state index contributed by atoms with van der Waals surface area (Å²) in [6.45, 7) is 0.325. The van der Waals surface area contributed by atoms with Crippen LogP contribution in [-0.4, -0.2) is 57.5 Å². The Morgan fingerprint density at radius 3 is 2.10 bits per heavy atom. The molecule has 2 heterocycles. The van der Waals surface area contributed by atoms with Crippen molar-refractivity contribution in [3.05, 3.63) is 71.3 Å². The van der Waals surface area contributed by atoms with E-state index in [1.807, 2.05) is 4.58 Å². The number of thioether (sulfide) groups is 1. The summed E-state index contributed by atoms with van der Waals surface area (Å²) in [5.74, 6) is -0.134. The molecule has 0 aliphatic carbocycles. The lowest BCUT2D eigenvalue weighted by atomic mass is 10.1. The van der Waals surface area contributed by atoms with E-state index in [1.54, 1.807) is 31.3 Å². The smallest absolute Gasteiger partial charge is 0.269 e. The highest BCUT2D eigenvalue weighted by Gasteiger charge is 2.53. The van der Waals surface area contributed by atoms with Crippen LogP contribution in [0.5, 0.6) is 0 Å². The largest absolute Gasteiger partial charge is 0.358 e. The molecule has 6 nitrogen and oxygen atoms in total. The van der Waals surface area contributed by atoms with Crippen LogP contribution in [0.1, 0.15) is 11.1 Å². The standard InChI is InChI=1S/C21H19F2N4O2S/c1-25-18-17(19(28)26(2)21(25)29)27(11-13-3-7-15(22)8-4-13)20(24-18)30-12-14-5-9-16(23)10-6-14/h3-10,17H,11-12H2,1-2H3/q+1. The van der Waals surface area contributed by atoms with Crippen molar-refractivity contribution in [2.75, 3.05) is 14.1 Å². The molecule has 3 amide bonds. The molecular formula is C21H19F2N4O2S+. The van der Waals surface area contributed by atoms with Crippen LogP contribution in [0.2, 0.25) is 0 Å². The number of carbonyl (C=O) groups excluding carboxylic acids is 2. The zero-order valence-corrected chi connectivity index (χ0v) is 17.2. The van der Waals surface area contributed by atoms with Gasteiger partial charge in [-0.2, -0.15) is 0 Å². The number of hydrogen-bond donors (Lipinski definition) is 0. The van der Waals surface area contributed by atoms with Gasteiger partial charge in [-0.05, 0) is 52.1 Å².